The lowest BCUT2D eigenvalue weighted by Crippen LogP contribution is -2.53. The highest BCUT2D eigenvalue weighted by atomic mass is 16.5. The minimum atomic E-state index is -0.425. The third kappa shape index (κ3) is 3.64. The summed E-state index contributed by atoms with van der Waals surface area (Å²) < 4.78 is 5.32. The van der Waals surface area contributed by atoms with Crippen LogP contribution in [0.2, 0.25) is 0 Å². The van der Waals surface area contributed by atoms with Crippen LogP contribution in [-0.2, 0) is 15.6 Å². The number of likely N-dealkylation sites (tertiary alicyclic amines) is 1. The molecular formula is C24H32N4O2. The SMILES string of the molecule is COc1ccc(C2(C(=O)N3CCCC(C)(c4cc(N)nc(C)n4)C3)CCCC2)cc1. The number of ether oxygens (including phenoxy) is 1. The molecule has 2 aliphatic rings. The summed E-state index contributed by atoms with van der Waals surface area (Å²) in [6.45, 7) is 5.53. The predicted octanol–water partition coefficient (Wildman–Crippen LogP) is 3.77. The van der Waals surface area contributed by atoms with Gasteiger partial charge in [0.25, 0.3) is 0 Å². The number of aryl methyl sites for hydroxylation is 1. The molecule has 2 heterocycles. The van der Waals surface area contributed by atoms with Gasteiger partial charge in [0.15, 0.2) is 0 Å². The first-order valence-corrected chi connectivity index (χ1v) is 10.9. The molecule has 1 saturated carbocycles. The van der Waals surface area contributed by atoms with Gasteiger partial charge in [0.1, 0.15) is 17.4 Å². The fourth-order valence-electron chi connectivity index (χ4n) is 5.34. The Labute approximate surface area is 178 Å². The largest absolute Gasteiger partial charge is 0.497 e. The number of methoxy groups -OCH3 is 1. The summed E-state index contributed by atoms with van der Waals surface area (Å²) in [5.74, 6) is 2.25. The van der Waals surface area contributed by atoms with Crippen molar-refractivity contribution < 1.29 is 9.53 Å². The van der Waals surface area contributed by atoms with E-state index in [2.05, 4.69) is 33.9 Å². The van der Waals surface area contributed by atoms with Crippen LogP contribution in [0.1, 0.15) is 62.5 Å². The first-order valence-electron chi connectivity index (χ1n) is 10.9. The molecule has 1 aliphatic carbocycles. The third-order valence-electron chi connectivity index (χ3n) is 6.97. The molecule has 1 aliphatic heterocycles. The molecule has 0 spiro atoms. The van der Waals surface area contributed by atoms with Gasteiger partial charge >= 0.3 is 0 Å². The summed E-state index contributed by atoms with van der Waals surface area (Å²) >= 11 is 0. The third-order valence-corrected chi connectivity index (χ3v) is 6.97. The first-order chi connectivity index (χ1) is 14.4. The van der Waals surface area contributed by atoms with Gasteiger partial charge < -0.3 is 15.4 Å². The molecule has 30 heavy (non-hydrogen) atoms. The molecule has 4 rings (SSSR count). The van der Waals surface area contributed by atoms with Crippen molar-refractivity contribution in [1.29, 1.82) is 0 Å². The number of amides is 1. The number of hydrogen-bond donors (Lipinski definition) is 1. The topological polar surface area (TPSA) is 81.3 Å². The van der Waals surface area contributed by atoms with E-state index in [1.54, 1.807) is 7.11 Å². The maximum Gasteiger partial charge on any atom is 0.233 e. The number of anilines is 1. The molecule has 6 nitrogen and oxygen atoms in total. The maximum atomic E-state index is 14.0. The van der Waals surface area contributed by atoms with E-state index in [1.165, 1.54) is 0 Å². The second kappa shape index (κ2) is 7.89. The lowest BCUT2D eigenvalue weighted by Gasteiger charge is -2.44. The number of nitrogens with zero attached hydrogens (tertiary/aromatic N) is 3. The summed E-state index contributed by atoms with van der Waals surface area (Å²) in [5, 5.41) is 0. The van der Waals surface area contributed by atoms with Crippen LogP contribution in [0.25, 0.3) is 0 Å². The van der Waals surface area contributed by atoms with Crippen molar-refractivity contribution in [3.8, 4) is 5.75 Å². The van der Waals surface area contributed by atoms with Gasteiger partial charge in [0.2, 0.25) is 5.91 Å². The van der Waals surface area contributed by atoms with Crippen LogP contribution in [0.5, 0.6) is 5.75 Å². The molecule has 1 aromatic heterocycles. The van der Waals surface area contributed by atoms with Gasteiger partial charge in [0.05, 0.1) is 18.2 Å². The van der Waals surface area contributed by atoms with Gasteiger partial charge in [-0.3, -0.25) is 4.79 Å². The van der Waals surface area contributed by atoms with E-state index in [9.17, 15) is 4.79 Å². The molecule has 2 fully saturated rings. The second-order valence-electron chi connectivity index (χ2n) is 9.13. The van der Waals surface area contributed by atoms with E-state index >= 15 is 0 Å². The number of nitrogen functional groups attached to an aromatic ring is 1. The Hall–Kier alpha value is -2.63. The van der Waals surface area contributed by atoms with Crippen LogP contribution < -0.4 is 10.5 Å². The quantitative estimate of drug-likeness (QED) is 0.833. The van der Waals surface area contributed by atoms with E-state index in [1.807, 2.05) is 25.1 Å². The number of hydrogen-bond acceptors (Lipinski definition) is 5. The van der Waals surface area contributed by atoms with Gasteiger partial charge in [0, 0.05) is 24.6 Å². The zero-order valence-electron chi connectivity index (χ0n) is 18.3. The number of aromatic nitrogens is 2. The lowest BCUT2D eigenvalue weighted by molar-refractivity contribution is -0.139. The van der Waals surface area contributed by atoms with Crippen LogP contribution in [0.15, 0.2) is 30.3 Å². The van der Waals surface area contributed by atoms with Gasteiger partial charge in [-0.15, -0.1) is 0 Å². The number of carbonyl (C=O) groups is 1. The van der Waals surface area contributed by atoms with Crippen LogP contribution in [0, 0.1) is 6.92 Å². The summed E-state index contributed by atoms with van der Waals surface area (Å²) in [6, 6.07) is 9.94. The Bertz CT molecular complexity index is 901. The highest BCUT2D eigenvalue weighted by molar-refractivity contribution is 5.89. The number of benzene rings is 1. The molecule has 0 bridgehead atoms. The Morgan fingerprint density at radius 1 is 1.10 bits per heavy atom. The Balaban J connectivity index is 1.63. The summed E-state index contributed by atoms with van der Waals surface area (Å²) in [4.78, 5) is 24.9. The van der Waals surface area contributed by atoms with Crippen molar-refractivity contribution in [2.45, 2.75) is 63.2 Å². The van der Waals surface area contributed by atoms with Crippen molar-refractivity contribution >= 4 is 11.7 Å². The smallest absolute Gasteiger partial charge is 0.233 e. The van der Waals surface area contributed by atoms with Gasteiger partial charge in [-0.25, -0.2) is 9.97 Å². The molecular weight excluding hydrogens is 376 g/mol. The lowest BCUT2D eigenvalue weighted by atomic mass is 9.74. The van der Waals surface area contributed by atoms with E-state index in [0.29, 0.717) is 18.2 Å². The number of piperidine rings is 1. The van der Waals surface area contributed by atoms with Crippen molar-refractivity contribution in [2.75, 3.05) is 25.9 Å². The Morgan fingerprint density at radius 2 is 1.80 bits per heavy atom. The second-order valence-corrected chi connectivity index (χ2v) is 9.13. The monoisotopic (exact) mass is 408 g/mol. The summed E-state index contributed by atoms with van der Waals surface area (Å²) in [6.07, 6.45) is 5.94. The average molecular weight is 409 g/mol. The van der Waals surface area contributed by atoms with Crippen LogP contribution >= 0.6 is 0 Å². The fraction of sp³-hybridized carbons (Fsp3) is 0.542. The van der Waals surface area contributed by atoms with Crippen LogP contribution in [0.4, 0.5) is 5.82 Å². The van der Waals surface area contributed by atoms with Crippen molar-refractivity contribution in [3.63, 3.8) is 0 Å². The van der Waals surface area contributed by atoms with Gasteiger partial charge in [-0.05, 0) is 50.3 Å². The molecule has 1 amide bonds. The highest BCUT2D eigenvalue weighted by Crippen LogP contribution is 2.44. The van der Waals surface area contributed by atoms with E-state index in [-0.39, 0.29) is 11.3 Å². The average Bonchev–Trinajstić information content (AvgIpc) is 3.24. The molecule has 160 valence electrons. The van der Waals surface area contributed by atoms with Crippen LogP contribution in [-0.4, -0.2) is 41.0 Å². The zero-order chi connectivity index (χ0) is 21.4. The molecule has 1 aromatic carbocycles. The van der Waals surface area contributed by atoms with E-state index in [4.69, 9.17) is 10.5 Å². The van der Waals surface area contributed by atoms with Gasteiger partial charge in [-0.1, -0.05) is 31.9 Å². The maximum absolute atomic E-state index is 14.0. The summed E-state index contributed by atoms with van der Waals surface area (Å²) in [7, 11) is 1.67. The van der Waals surface area contributed by atoms with E-state index < -0.39 is 5.41 Å². The van der Waals surface area contributed by atoms with Gasteiger partial charge in [-0.2, -0.15) is 0 Å². The zero-order valence-corrected chi connectivity index (χ0v) is 18.3. The van der Waals surface area contributed by atoms with Crippen molar-refractivity contribution in [1.82, 2.24) is 14.9 Å². The normalized spacial score (nSPS) is 23.4. The Morgan fingerprint density at radius 3 is 2.43 bits per heavy atom. The van der Waals surface area contributed by atoms with Crippen molar-refractivity contribution in [3.05, 3.63) is 47.4 Å². The molecule has 1 saturated heterocycles. The number of rotatable bonds is 4. The molecule has 2 N–H and O–H groups in total. The Kier molecular flexibility index (Phi) is 5.43. The number of carbonyl (C=O) groups excluding carboxylic acids is 1. The molecule has 1 unspecified atom stereocenters. The van der Waals surface area contributed by atoms with E-state index in [0.717, 1.165) is 62.1 Å². The predicted molar refractivity (Wildman–Crippen MR) is 117 cm³/mol. The minimum Gasteiger partial charge on any atom is -0.497 e. The van der Waals surface area contributed by atoms with Crippen molar-refractivity contribution in [2.24, 2.45) is 0 Å². The standard InChI is InChI=1S/C24H32N4O2/c1-17-26-20(15-21(25)27-17)23(2)11-6-14-28(16-23)22(29)24(12-4-5-13-24)18-7-9-19(30-3)10-8-18/h7-10,15H,4-6,11-14,16H2,1-3H3,(H2,25,26,27). The minimum absolute atomic E-state index is 0.213. The first kappa shape index (κ1) is 20.6. The number of nitrogens with two attached hydrogens (primary N) is 1. The highest BCUT2D eigenvalue weighted by Gasteiger charge is 2.47. The van der Waals surface area contributed by atoms with Crippen LogP contribution in [0.3, 0.4) is 0 Å². The summed E-state index contributed by atoms with van der Waals surface area (Å²) in [5.41, 5.74) is 7.41. The fourth-order valence-corrected chi connectivity index (χ4v) is 5.34. The molecule has 2 aromatic rings. The molecule has 1 atom stereocenters. The molecule has 0 radical (unpaired) electrons. The molecule has 6 heteroatoms.